The van der Waals surface area contributed by atoms with Gasteiger partial charge in [-0.05, 0) is 31.4 Å². The van der Waals surface area contributed by atoms with E-state index in [2.05, 4.69) is 40.0 Å². The van der Waals surface area contributed by atoms with Crippen LogP contribution in [0.2, 0.25) is 0 Å². The molecular formula is C15H22BrNO. The number of methoxy groups -OCH3 is 1. The van der Waals surface area contributed by atoms with E-state index in [4.69, 9.17) is 4.74 Å². The molecule has 1 aliphatic carbocycles. The fourth-order valence-corrected chi connectivity index (χ4v) is 3.50. The lowest BCUT2D eigenvalue weighted by Crippen LogP contribution is -2.41. The Balaban J connectivity index is 1.96. The van der Waals surface area contributed by atoms with Gasteiger partial charge in [0.1, 0.15) is 5.75 Å². The molecule has 0 radical (unpaired) electrons. The summed E-state index contributed by atoms with van der Waals surface area (Å²) >= 11 is 3.67. The zero-order valence-electron chi connectivity index (χ0n) is 11.3. The molecule has 0 amide bonds. The molecule has 0 heterocycles. The SMILES string of the molecule is COc1ccccc1CN(C)CC1(CBr)CCC1. The predicted octanol–water partition coefficient (Wildman–Crippen LogP) is 3.69. The van der Waals surface area contributed by atoms with Crippen molar-refractivity contribution in [1.82, 2.24) is 4.90 Å². The molecule has 1 aliphatic rings. The van der Waals surface area contributed by atoms with Gasteiger partial charge in [-0.2, -0.15) is 0 Å². The minimum absolute atomic E-state index is 0.511. The quantitative estimate of drug-likeness (QED) is 0.743. The highest BCUT2D eigenvalue weighted by atomic mass is 79.9. The number of benzene rings is 1. The first kappa shape index (κ1) is 13.9. The standard InChI is InChI=1S/C15H22BrNO/c1-17(12-15(11-16)8-5-9-15)10-13-6-3-4-7-14(13)18-2/h3-4,6-7H,5,8-12H2,1-2H3. The highest BCUT2D eigenvalue weighted by Gasteiger charge is 2.36. The van der Waals surface area contributed by atoms with Crippen molar-refractivity contribution in [2.24, 2.45) is 5.41 Å². The molecule has 1 aromatic carbocycles. The second kappa shape index (κ2) is 6.07. The van der Waals surface area contributed by atoms with Gasteiger partial charge >= 0.3 is 0 Å². The van der Waals surface area contributed by atoms with Crippen molar-refractivity contribution < 1.29 is 4.74 Å². The average molecular weight is 312 g/mol. The van der Waals surface area contributed by atoms with Gasteiger partial charge in [0.25, 0.3) is 0 Å². The van der Waals surface area contributed by atoms with Crippen LogP contribution in [-0.2, 0) is 6.54 Å². The van der Waals surface area contributed by atoms with Crippen LogP contribution < -0.4 is 4.74 Å². The van der Waals surface area contributed by atoms with Gasteiger partial charge in [0.2, 0.25) is 0 Å². The number of ether oxygens (including phenoxy) is 1. The maximum absolute atomic E-state index is 5.41. The first-order valence-electron chi connectivity index (χ1n) is 6.55. The molecule has 1 saturated carbocycles. The number of halogens is 1. The summed E-state index contributed by atoms with van der Waals surface area (Å²) in [5.41, 5.74) is 1.78. The smallest absolute Gasteiger partial charge is 0.123 e. The van der Waals surface area contributed by atoms with Gasteiger partial charge in [0.15, 0.2) is 0 Å². The topological polar surface area (TPSA) is 12.5 Å². The van der Waals surface area contributed by atoms with Crippen LogP contribution in [0, 0.1) is 5.41 Å². The molecule has 2 nitrogen and oxygen atoms in total. The zero-order chi connectivity index (χ0) is 13.0. The molecule has 0 unspecified atom stereocenters. The van der Waals surface area contributed by atoms with E-state index < -0.39 is 0 Å². The fraction of sp³-hybridized carbons (Fsp3) is 0.600. The maximum atomic E-state index is 5.41. The number of para-hydroxylation sites is 1. The molecule has 0 saturated heterocycles. The third-order valence-corrected chi connectivity index (χ3v) is 5.13. The Morgan fingerprint density at radius 2 is 2.06 bits per heavy atom. The van der Waals surface area contributed by atoms with Crippen LogP contribution in [0.25, 0.3) is 0 Å². The number of nitrogens with zero attached hydrogens (tertiary/aromatic N) is 1. The highest BCUT2D eigenvalue weighted by molar-refractivity contribution is 9.09. The minimum Gasteiger partial charge on any atom is -0.496 e. The summed E-state index contributed by atoms with van der Waals surface area (Å²) in [6.07, 6.45) is 4.09. The van der Waals surface area contributed by atoms with Crippen molar-refractivity contribution in [3.8, 4) is 5.75 Å². The molecule has 100 valence electrons. The molecule has 0 bridgehead atoms. The Morgan fingerprint density at radius 1 is 1.33 bits per heavy atom. The first-order chi connectivity index (χ1) is 8.69. The first-order valence-corrected chi connectivity index (χ1v) is 7.68. The molecule has 1 fully saturated rings. The van der Waals surface area contributed by atoms with Crippen LogP contribution in [0.4, 0.5) is 0 Å². The largest absolute Gasteiger partial charge is 0.496 e. The third-order valence-electron chi connectivity index (χ3n) is 3.94. The fourth-order valence-electron chi connectivity index (χ4n) is 2.76. The van der Waals surface area contributed by atoms with Crippen LogP contribution in [0.5, 0.6) is 5.75 Å². The number of hydrogen-bond donors (Lipinski definition) is 0. The molecule has 0 atom stereocenters. The van der Waals surface area contributed by atoms with Gasteiger partial charge in [0.05, 0.1) is 7.11 Å². The van der Waals surface area contributed by atoms with E-state index in [1.165, 1.54) is 24.8 Å². The number of alkyl halides is 1. The second-order valence-electron chi connectivity index (χ2n) is 5.47. The van der Waals surface area contributed by atoms with Crippen molar-refractivity contribution in [3.05, 3.63) is 29.8 Å². The van der Waals surface area contributed by atoms with Gasteiger partial charge in [0, 0.05) is 24.0 Å². The van der Waals surface area contributed by atoms with E-state index in [-0.39, 0.29) is 0 Å². The molecule has 1 aromatic rings. The lowest BCUT2D eigenvalue weighted by Gasteiger charge is -2.43. The second-order valence-corrected chi connectivity index (χ2v) is 6.03. The summed E-state index contributed by atoms with van der Waals surface area (Å²) in [6.45, 7) is 2.12. The van der Waals surface area contributed by atoms with Gasteiger partial charge in [-0.15, -0.1) is 0 Å². The summed E-state index contributed by atoms with van der Waals surface area (Å²) in [6, 6.07) is 8.28. The van der Waals surface area contributed by atoms with Crippen molar-refractivity contribution in [2.75, 3.05) is 26.0 Å². The molecule has 0 aromatic heterocycles. The number of hydrogen-bond acceptors (Lipinski definition) is 2. The van der Waals surface area contributed by atoms with Crippen molar-refractivity contribution in [2.45, 2.75) is 25.8 Å². The zero-order valence-corrected chi connectivity index (χ0v) is 12.9. The van der Waals surface area contributed by atoms with E-state index in [9.17, 15) is 0 Å². The van der Waals surface area contributed by atoms with Gasteiger partial charge in [-0.3, -0.25) is 0 Å². The van der Waals surface area contributed by atoms with E-state index in [1.54, 1.807) is 7.11 Å². The van der Waals surface area contributed by atoms with Crippen LogP contribution >= 0.6 is 15.9 Å². The van der Waals surface area contributed by atoms with Crippen LogP contribution in [0.1, 0.15) is 24.8 Å². The van der Waals surface area contributed by atoms with Crippen molar-refractivity contribution in [3.63, 3.8) is 0 Å². The van der Waals surface area contributed by atoms with E-state index in [0.29, 0.717) is 5.41 Å². The lowest BCUT2D eigenvalue weighted by molar-refractivity contribution is 0.102. The van der Waals surface area contributed by atoms with E-state index in [0.717, 1.165) is 24.2 Å². The molecule has 3 heteroatoms. The summed E-state index contributed by atoms with van der Waals surface area (Å²) < 4.78 is 5.41. The van der Waals surface area contributed by atoms with Crippen molar-refractivity contribution in [1.29, 1.82) is 0 Å². The third kappa shape index (κ3) is 3.07. The van der Waals surface area contributed by atoms with Crippen LogP contribution in [0.15, 0.2) is 24.3 Å². The Labute approximate surface area is 118 Å². The van der Waals surface area contributed by atoms with Crippen LogP contribution in [-0.4, -0.2) is 30.9 Å². The predicted molar refractivity (Wildman–Crippen MR) is 79.4 cm³/mol. The monoisotopic (exact) mass is 311 g/mol. The molecule has 0 N–H and O–H groups in total. The summed E-state index contributed by atoms with van der Waals surface area (Å²) in [5.74, 6) is 0.992. The van der Waals surface area contributed by atoms with Gasteiger partial charge < -0.3 is 9.64 Å². The highest BCUT2D eigenvalue weighted by Crippen LogP contribution is 2.43. The molecule has 0 spiro atoms. The van der Waals surface area contributed by atoms with Crippen LogP contribution in [0.3, 0.4) is 0 Å². The Kier molecular flexibility index (Phi) is 4.68. The minimum atomic E-state index is 0.511. The number of rotatable bonds is 6. The van der Waals surface area contributed by atoms with Gasteiger partial charge in [-0.25, -0.2) is 0 Å². The Hall–Kier alpha value is -0.540. The molecule has 2 rings (SSSR count). The summed E-state index contributed by atoms with van der Waals surface area (Å²) in [4.78, 5) is 2.41. The van der Waals surface area contributed by atoms with Crippen molar-refractivity contribution >= 4 is 15.9 Å². The van der Waals surface area contributed by atoms with E-state index in [1.807, 2.05) is 12.1 Å². The molecule has 0 aliphatic heterocycles. The molecular weight excluding hydrogens is 290 g/mol. The van der Waals surface area contributed by atoms with E-state index >= 15 is 0 Å². The summed E-state index contributed by atoms with van der Waals surface area (Å²) in [7, 11) is 3.94. The summed E-state index contributed by atoms with van der Waals surface area (Å²) in [5, 5.41) is 1.12. The average Bonchev–Trinajstić information content (AvgIpc) is 2.34. The Bertz CT molecular complexity index is 384. The maximum Gasteiger partial charge on any atom is 0.123 e. The van der Waals surface area contributed by atoms with Gasteiger partial charge in [-0.1, -0.05) is 40.5 Å². The lowest BCUT2D eigenvalue weighted by atomic mass is 9.70. The normalized spacial score (nSPS) is 17.6. The molecule has 18 heavy (non-hydrogen) atoms. The Morgan fingerprint density at radius 3 is 2.61 bits per heavy atom.